The molecule has 0 aromatic rings. The highest BCUT2D eigenvalue weighted by molar-refractivity contribution is 4.92. The van der Waals surface area contributed by atoms with Crippen molar-refractivity contribution in [1.29, 1.82) is 0 Å². The van der Waals surface area contributed by atoms with Gasteiger partial charge in [-0.25, -0.2) is 0 Å². The number of hydrogen-bond acceptors (Lipinski definition) is 4. The van der Waals surface area contributed by atoms with Gasteiger partial charge in [0.05, 0.1) is 12.7 Å². The van der Waals surface area contributed by atoms with Gasteiger partial charge in [0.15, 0.2) is 0 Å². The number of fused-ring (bicyclic) bond motifs is 1. The molecular weight excluding hydrogens is 154 g/mol. The van der Waals surface area contributed by atoms with Crippen molar-refractivity contribution in [2.24, 2.45) is 5.73 Å². The zero-order valence-corrected chi connectivity index (χ0v) is 7.33. The van der Waals surface area contributed by atoms with Crippen LogP contribution in [0.3, 0.4) is 0 Å². The Kier molecular flexibility index (Phi) is 2.60. The van der Waals surface area contributed by atoms with E-state index in [0.717, 1.165) is 39.3 Å². The Morgan fingerprint density at radius 1 is 1.50 bits per heavy atom. The van der Waals surface area contributed by atoms with Gasteiger partial charge in [-0.1, -0.05) is 0 Å². The van der Waals surface area contributed by atoms with Crippen molar-refractivity contribution in [3.05, 3.63) is 0 Å². The number of nitrogens with two attached hydrogens (primary N) is 1. The molecule has 0 bridgehead atoms. The second-order valence-electron chi connectivity index (χ2n) is 3.46. The maximum atomic E-state index is 5.63. The topological polar surface area (TPSA) is 50.5 Å². The SMILES string of the molecule is NCCN1CCO[C@@H]2CNC[C@H]21. The van der Waals surface area contributed by atoms with Gasteiger partial charge < -0.3 is 15.8 Å². The van der Waals surface area contributed by atoms with E-state index in [0.29, 0.717) is 12.1 Å². The standard InChI is InChI=1S/C8H17N3O/c9-1-2-11-3-4-12-8-6-10-5-7(8)11/h7-8,10H,1-6,9H2/t7-,8-/m1/s1. The van der Waals surface area contributed by atoms with E-state index in [1.807, 2.05) is 0 Å². The van der Waals surface area contributed by atoms with Gasteiger partial charge in [0.1, 0.15) is 0 Å². The summed E-state index contributed by atoms with van der Waals surface area (Å²) in [5.41, 5.74) is 5.54. The first-order valence-corrected chi connectivity index (χ1v) is 4.68. The molecule has 2 aliphatic rings. The second kappa shape index (κ2) is 3.70. The Morgan fingerprint density at radius 2 is 2.42 bits per heavy atom. The molecule has 2 saturated heterocycles. The minimum absolute atomic E-state index is 0.408. The Morgan fingerprint density at radius 3 is 3.25 bits per heavy atom. The van der Waals surface area contributed by atoms with Crippen LogP contribution < -0.4 is 11.1 Å². The van der Waals surface area contributed by atoms with Gasteiger partial charge in [0.25, 0.3) is 0 Å². The zero-order valence-electron chi connectivity index (χ0n) is 7.33. The average Bonchev–Trinajstić information content (AvgIpc) is 2.53. The number of hydrogen-bond donors (Lipinski definition) is 2. The maximum Gasteiger partial charge on any atom is 0.0867 e. The Bertz CT molecular complexity index is 151. The van der Waals surface area contributed by atoms with Gasteiger partial charge in [0, 0.05) is 38.8 Å². The van der Waals surface area contributed by atoms with Crippen LogP contribution >= 0.6 is 0 Å². The van der Waals surface area contributed by atoms with Crippen molar-refractivity contribution in [3.8, 4) is 0 Å². The quantitative estimate of drug-likeness (QED) is 0.537. The van der Waals surface area contributed by atoms with E-state index in [1.54, 1.807) is 0 Å². The molecule has 12 heavy (non-hydrogen) atoms. The van der Waals surface area contributed by atoms with Crippen LogP contribution in [0.15, 0.2) is 0 Å². The highest BCUT2D eigenvalue weighted by Gasteiger charge is 2.35. The van der Waals surface area contributed by atoms with Crippen molar-refractivity contribution in [2.45, 2.75) is 12.1 Å². The van der Waals surface area contributed by atoms with Gasteiger partial charge in [-0.2, -0.15) is 0 Å². The number of nitrogens with one attached hydrogen (secondary N) is 1. The molecule has 2 rings (SSSR count). The second-order valence-corrected chi connectivity index (χ2v) is 3.46. The van der Waals surface area contributed by atoms with Crippen LogP contribution in [-0.2, 0) is 4.74 Å². The predicted octanol–water partition coefficient (Wildman–Crippen LogP) is -1.38. The maximum absolute atomic E-state index is 5.63. The minimum Gasteiger partial charge on any atom is -0.374 e. The van der Waals surface area contributed by atoms with Gasteiger partial charge in [0.2, 0.25) is 0 Å². The number of nitrogens with zero attached hydrogens (tertiary/aromatic N) is 1. The summed E-state index contributed by atoms with van der Waals surface area (Å²) in [4.78, 5) is 2.44. The van der Waals surface area contributed by atoms with E-state index >= 15 is 0 Å². The molecule has 4 nitrogen and oxygen atoms in total. The summed E-state index contributed by atoms with van der Waals surface area (Å²) in [7, 11) is 0. The lowest BCUT2D eigenvalue weighted by Gasteiger charge is -2.36. The van der Waals surface area contributed by atoms with Gasteiger partial charge in [-0.05, 0) is 0 Å². The first kappa shape index (κ1) is 8.44. The van der Waals surface area contributed by atoms with E-state index in [-0.39, 0.29) is 0 Å². The van der Waals surface area contributed by atoms with Gasteiger partial charge in [-0.15, -0.1) is 0 Å². The number of ether oxygens (including phenoxy) is 1. The number of morpholine rings is 1. The summed E-state index contributed by atoms with van der Waals surface area (Å²) in [6.07, 6.45) is 0.408. The molecule has 2 atom stereocenters. The highest BCUT2D eigenvalue weighted by Crippen LogP contribution is 2.16. The fourth-order valence-electron chi connectivity index (χ4n) is 2.11. The first-order chi connectivity index (χ1) is 5.92. The molecule has 3 N–H and O–H groups in total. The Labute approximate surface area is 73.0 Å². The summed E-state index contributed by atoms with van der Waals surface area (Å²) in [6.45, 7) is 5.73. The average molecular weight is 171 g/mol. The lowest BCUT2D eigenvalue weighted by molar-refractivity contribution is -0.0453. The third-order valence-electron chi connectivity index (χ3n) is 2.72. The van der Waals surface area contributed by atoms with Crippen LogP contribution in [0.1, 0.15) is 0 Å². The van der Waals surface area contributed by atoms with Crippen molar-refractivity contribution < 1.29 is 4.74 Å². The van der Waals surface area contributed by atoms with Crippen LogP contribution in [0.25, 0.3) is 0 Å². The van der Waals surface area contributed by atoms with Crippen molar-refractivity contribution in [3.63, 3.8) is 0 Å². The summed E-state index contributed by atoms with van der Waals surface area (Å²) < 4.78 is 5.63. The third-order valence-corrected chi connectivity index (χ3v) is 2.72. The van der Waals surface area contributed by atoms with Crippen molar-refractivity contribution in [2.75, 3.05) is 39.3 Å². The third kappa shape index (κ3) is 1.47. The molecule has 0 spiro atoms. The monoisotopic (exact) mass is 171 g/mol. The summed E-state index contributed by atoms with van der Waals surface area (Å²) in [5, 5.41) is 3.35. The van der Waals surface area contributed by atoms with E-state index < -0.39 is 0 Å². The van der Waals surface area contributed by atoms with Crippen molar-refractivity contribution >= 4 is 0 Å². The highest BCUT2D eigenvalue weighted by atomic mass is 16.5. The molecule has 0 saturated carbocycles. The van der Waals surface area contributed by atoms with E-state index in [9.17, 15) is 0 Å². The van der Waals surface area contributed by atoms with E-state index in [1.165, 1.54) is 0 Å². The zero-order chi connectivity index (χ0) is 8.39. The molecule has 70 valence electrons. The molecule has 2 heterocycles. The van der Waals surface area contributed by atoms with E-state index in [2.05, 4.69) is 10.2 Å². The molecule has 2 fully saturated rings. The Hall–Kier alpha value is -0.160. The van der Waals surface area contributed by atoms with Crippen LogP contribution in [-0.4, -0.2) is 56.4 Å². The summed E-state index contributed by atoms with van der Waals surface area (Å²) >= 11 is 0. The molecule has 4 heteroatoms. The van der Waals surface area contributed by atoms with Crippen molar-refractivity contribution in [1.82, 2.24) is 10.2 Å². The minimum atomic E-state index is 0.408. The first-order valence-electron chi connectivity index (χ1n) is 4.68. The van der Waals surface area contributed by atoms with Crippen LogP contribution in [0.4, 0.5) is 0 Å². The number of rotatable bonds is 2. The molecule has 0 aliphatic carbocycles. The molecule has 0 unspecified atom stereocenters. The summed E-state index contributed by atoms with van der Waals surface area (Å²) in [6, 6.07) is 0.572. The largest absolute Gasteiger partial charge is 0.374 e. The fraction of sp³-hybridized carbons (Fsp3) is 1.00. The van der Waals surface area contributed by atoms with E-state index in [4.69, 9.17) is 10.5 Å². The summed E-state index contributed by atoms with van der Waals surface area (Å²) in [5.74, 6) is 0. The lowest BCUT2D eigenvalue weighted by Crippen LogP contribution is -2.52. The molecular formula is C8H17N3O. The smallest absolute Gasteiger partial charge is 0.0867 e. The van der Waals surface area contributed by atoms with Gasteiger partial charge >= 0.3 is 0 Å². The lowest BCUT2D eigenvalue weighted by atomic mass is 10.1. The van der Waals surface area contributed by atoms with Gasteiger partial charge in [-0.3, -0.25) is 4.90 Å². The predicted molar refractivity (Wildman–Crippen MR) is 47.0 cm³/mol. The fourth-order valence-corrected chi connectivity index (χ4v) is 2.11. The Balaban J connectivity index is 1.94. The normalized spacial score (nSPS) is 36.8. The van der Waals surface area contributed by atoms with Crippen LogP contribution in [0.2, 0.25) is 0 Å². The molecule has 0 aromatic carbocycles. The molecule has 0 aromatic heterocycles. The van der Waals surface area contributed by atoms with Crippen LogP contribution in [0.5, 0.6) is 0 Å². The molecule has 2 aliphatic heterocycles. The molecule has 0 radical (unpaired) electrons. The van der Waals surface area contributed by atoms with Crippen LogP contribution in [0, 0.1) is 0 Å². The molecule has 0 amide bonds.